The predicted molar refractivity (Wildman–Crippen MR) is 148 cm³/mol. The van der Waals surface area contributed by atoms with Gasteiger partial charge in [0, 0.05) is 25.2 Å². The van der Waals surface area contributed by atoms with E-state index in [9.17, 15) is 14.9 Å². The van der Waals surface area contributed by atoms with Crippen LogP contribution >= 0.6 is 0 Å². The molecule has 1 aromatic rings. The van der Waals surface area contributed by atoms with E-state index in [0.717, 1.165) is 19.3 Å². The summed E-state index contributed by atoms with van der Waals surface area (Å²) < 4.78 is 17.2. The summed E-state index contributed by atoms with van der Waals surface area (Å²) in [5.74, 6) is 0.223. The van der Waals surface area contributed by atoms with Crippen molar-refractivity contribution in [1.29, 1.82) is 0 Å². The molecule has 206 valence electrons. The van der Waals surface area contributed by atoms with Gasteiger partial charge in [0.05, 0.1) is 4.92 Å². The number of carbonyl (C=O) groups is 1. The Morgan fingerprint density at radius 3 is 1.94 bits per heavy atom. The van der Waals surface area contributed by atoms with Crippen molar-refractivity contribution in [3.8, 4) is 5.75 Å². The summed E-state index contributed by atoms with van der Waals surface area (Å²) in [5, 5.41) is 10.9. The summed E-state index contributed by atoms with van der Waals surface area (Å²) in [6, 6.07) is 5.41. The highest BCUT2D eigenvalue weighted by Crippen LogP contribution is 2.36. The maximum atomic E-state index is 12.4. The van der Waals surface area contributed by atoms with Crippen LogP contribution in [0.2, 0.25) is 18.1 Å². The molecule has 1 rings (SSSR count). The standard InChI is InChI=1S/C28H49NO6Si/c1-7-8-9-10-11-12-13-14-15-16-17-25(22-23-33-36(5,6)28(2,3)4)34-27(30)35-26-20-18-24(19-21-26)29(31)32/h18-21,25H,7-17,22-23H2,1-6H3. The van der Waals surface area contributed by atoms with Gasteiger partial charge in [0.25, 0.3) is 5.69 Å². The Kier molecular flexibility index (Phi) is 14.9. The molecule has 1 aromatic carbocycles. The highest BCUT2D eigenvalue weighted by molar-refractivity contribution is 6.74. The topological polar surface area (TPSA) is 87.9 Å². The van der Waals surface area contributed by atoms with Crippen LogP contribution in [0.5, 0.6) is 5.75 Å². The van der Waals surface area contributed by atoms with Gasteiger partial charge in [-0.05, 0) is 43.1 Å². The van der Waals surface area contributed by atoms with E-state index in [0.29, 0.717) is 13.0 Å². The Labute approximate surface area is 219 Å². The number of benzene rings is 1. The van der Waals surface area contributed by atoms with Crippen molar-refractivity contribution in [2.45, 2.75) is 129 Å². The summed E-state index contributed by atoms with van der Waals surface area (Å²) in [6.07, 6.45) is 12.8. The molecule has 0 aliphatic rings. The summed E-state index contributed by atoms with van der Waals surface area (Å²) >= 11 is 0. The van der Waals surface area contributed by atoms with Crippen molar-refractivity contribution in [3.63, 3.8) is 0 Å². The number of nitrogens with zero attached hydrogens (tertiary/aromatic N) is 1. The van der Waals surface area contributed by atoms with E-state index in [1.165, 1.54) is 75.6 Å². The fourth-order valence-electron chi connectivity index (χ4n) is 3.68. The van der Waals surface area contributed by atoms with Gasteiger partial charge in [-0.2, -0.15) is 0 Å². The zero-order chi connectivity index (χ0) is 27.0. The lowest BCUT2D eigenvalue weighted by atomic mass is 10.0. The molecule has 8 heteroatoms. The average Bonchev–Trinajstić information content (AvgIpc) is 2.79. The third kappa shape index (κ3) is 13.4. The lowest BCUT2D eigenvalue weighted by molar-refractivity contribution is -0.384. The molecule has 1 unspecified atom stereocenters. The molecule has 0 heterocycles. The predicted octanol–water partition coefficient (Wildman–Crippen LogP) is 9.20. The number of hydrogen-bond donors (Lipinski definition) is 0. The zero-order valence-electron chi connectivity index (χ0n) is 23.5. The molecule has 0 aliphatic heterocycles. The van der Waals surface area contributed by atoms with Gasteiger partial charge in [-0.25, -0.2) is 4.79 Å². The quantitative estimate of drug-likeness (QED) is 0.0476. The van der Waals surface area contributed by atoms with Gasteiger partial charge < -0.3 is 13.9 Å². The van der Waals surface area contributed by atoms with Gasteiger partial charge in [0.1, 0.15) is 11.9 Å². The van der Waals surface area contributed by atoms with E-state index < -0.39 is 19.4 Å². The van der Waals surface area contributed by atoms with E-state index in [1.54, 1.807) is 0 Å². The first-order chi connectivity index (χ1) is 17.0. The van der Waals surface area contributed by atoms with Gasteiger partial charge in [0.2, 0.25) is 0 Å². The molecule has 0 amide bonds. The Morgan fingerprint density at radius 1 is 0.917 bits per heavy atom. The third-order valence-electron chi connectivity index (χ3n) is 7.10. The molecule has 0 spiro atoms. The Bertz CT molecular complexity index is 760. The third-order valence-corrected chi connectivity index (χ3v) is 11.6. The molecular formula is C28H49NO6Si. The van der Waals surface area contributed by atoms with Crippen molar-refractivity contribution >= 4 is 20.2 Å². The number of hydrogen-bond acceptors (Lipinski definition) is 6. The normalized spacial score (nSPS) is 12.8. The number of ether oxygens (including phenoxy) is 2. The summed E-state index contributed by atoms with van der Waals surface area (Å²) in [5.41, 5.74) is -0.0580. The van der Waals surface area contributed by atoms with E-state index in [2.05, 4.69) is 40.8 Å². The first-order valence-corrected chi connectivity index (χ1v) is 16.6. The Morgan fingerprint density at radius 2 is 1.44 bits per heavy atom. The number of non-ortho nitro benzene ring substituents is 1. The lowest BCUT2D eigenvalue weighted by Crippen LogP contribution is -2.41. The van der Waals surface area contributed by atoms with Crippen LogP contribution in [0.15, 0.2) is 24.3 Å². The summed E-state index contributed by atoms with van der Waals surface area (Å²) in [6.45, 7) is 13.8. The van der Waals surface area contributed by atoms with Crippen molar-refractivity contribution in [2.24, 2.45) is 0 Å². The first kappa shape index (κ1) is 32.1. The van der Waals surface area contributed by atoms with Crippen LogP contribution in [-0.2, 0) is 9.16 Å². The lowest BCUT2D eigenvalue weighted by Gasteiger charge is -2.36. The Hall–Kier alpha value is -1.93. The summed E-state index contributed by atoms with van der Waals surface area (Å²) in [7, 11) is -1.88. The number of nitro benzene ring substituents is 1. The van der Waals surface area contributed by atoms with Gasteiger partial charge in [-0.15, -0.1) is 0 Å². The molecule has 36 heavy (non-hydrogen) atoms. The molecule has 1 atom stereocenters. The highest BCUT2D eigenvalue weighted by Gasteiger charge is 2.37. The fourth-order valence-corrected chi connectivity index (χ4v) is 4.74. The van der Waals surface area contributed by atoms with Crippen molar-refractivity contribution in [2.75, 3.05) is 6.61 Å². The monoisotopic (exact) mass is 523 g/mol. The maximum Gasteiger partial charge on any atom is 0.514 e. The molecule has 0 aromatic heterocycles. The minimum atomic E-state index is -1.88. The number of nitro groups is 1. The molecule has 7 nitrogen and oxygen atoms in total. The smallest absolute Gasteiger partial charge is 0.431 e. The van der Waals surface area contributed by atoms with Crippen LogP contribution in [0.3, 0.4) is 0 Å². The average molecular weight is 524 g/mol. The number of carbonyl (C=O) groups excluding carboxylic acids is 1. The molecule has 0 radical (unpaired) electrons. The van der Waals surface area contributed by atoms with E-state index in [4.69, 9.17) is 13.9 Å². The van der Waals surface area contributed by atoms with Gasteiger partial charge in [-0.3, -0.25) is 10.1 Å². The van der Waals surface area contributed by atoms with E-state index in [1.807, 2.05) is 0 Å². The van der Waals surface area contributed by atoms with Gasteiger partial charge >= 0.3 is 6.16 Å². The Balaban J connectivity index is 2.51. The van der Waals surface area contributed by atoms with Gasteiger partial charge in [-0.1, -0.05) is 85.5 Å². The SMILES string of the molecule is CCCCCCCCCCCCC(CCO[Si](C)(C)C(C)(C)C)OC(=O)Oc1ccc([N+](=O)[O-])cc1. The number of rotatable bonds is 18. The molecule has 0 saturated carbocycles. The van der Waals surface area contributed by atoms with Crippen molar-refractivity contribution < 1.29 is 23.6 Å². The molecule has 0 bridgehead atoms. The minimum Gasteiger partial charge on any atom is -0.431 e. The van der Waals surface area contributed by atoms with Crippen LogP contribution in [0, 0.1) is 10.1 Å². The largest absolute Gasteiger partial charge is 0.514 e. The van der Waals surface area contributed by atoms with E-state index >= 15 is 0 Å². The zero-order valence-corrected chi connectivity index (χ0v) is 24.5. The first-order valence-electron chi connectivity index (χ1n) is 13.7. The highest BCUT2D eigenvalue weighted by atomic mass is 28.4. The van der Waals surface area contributed by atoms with Crippen molar-refractivity contribution in [3.05, 3.63) is 34.4 Å². The summed E-state index contributed by atoms with van der Waals surface area (Å²) in [4.78, 5) is 22.8. The second-order valence-electron chi connectivity index (χ2n) is 11.2. The number of unbranched alkanes of at least 4 members (excludes halogenated alkanes) is 9. The fraction of sp³-hybridized carbons (Fsp3) is 0.750. The van der Waals surface area contributed by atoms with Crippen LogP contribution < -0.4 is 4.74 Å². The van der Waals surface area contributed by atoms with Crippen LogP contribution in [0.1, 0.15) is 105 Å². The molecule has 0 N–H and O–H groups in total. The van der Waals surface area contributed by atoms with Crippen LogP contribution in [0.25, 0.3) is 0 Å². The minimum absolute atomic E-state index is 0.0580. The maximum absolute atomic E-state index is 12.4. The van der Waals surface area contributed by atoms with Crippen LogP contribution in [-0.4, -0.2) is 32.1 Å². The van der Waals surface area contributed by atoms with Crippen molar-refractivity contribution in [1.82, 2.24) is 0 Å². The second-order valence-corrected chi connectivity index (χ2v) is 16.0. The van der Waals surface area contributed by atoms with E-state index in [-0.39, 0.29) is 22.6 Å². The van der Waals surface area contributed by atoms with Gasteiger partial charge in [0.15, 0.2) is 8.32 Å². The molecule has 0 aliphatic carbocycles. The second kappa shape index (κ2) is 16.7. The van der Waals surface area contributed by atoms with Crippen LogP contribution in [0.4, 0.5) is 10.5 Å². The molecule has 0 saturated heterocycles. The molecule has 0 fully saturated rings. The molecular weight excluding hydrogens is 474 g/mol.